The fourth-order valence-electron chi connectivity index (χ4n) is 0.769. The fraction of sp³-hybridized carbons (Fsp3) is 0.800. The van der Waals surface area contributed by atoms with Crippen molar-refractivity contribution in [1.82, 2.24) is 0 Å². The third-order valence-electron chi connectivity index (χ3n) is 1.03. The van der Waals surface area contributed by atoms with Gasteiger partial charge in [0.05, 0.1) is 7.11 Å². The zero-order valence-corrected chi connectivity index (χ0v) is 12.1. The van der Waals surface area contributed by atoms with Gasteiger partial charge in [-0.25, -0.2) is 0 Å². The Morgan fingerprint density at radius 1 is 1.21 bits per heavy atom. The molecule has 84 valence electrons. The summed E-state index contributed by atoms with van der Waals surface area (Å²) in [6, 6.07) is 0. The molecule has 0 heterocycles. The lowest BCUT2D eigenvalue weighted by Crippen LogP contribution is -2.25. The van der Waals surface area contributed by atoms with Gasteiger partial charge in [0.15, 0.2) is 5.09 Å². The van der Waals surface area contributed by atoms with Gasteiger partial charge >= 0.3 is 0 Å². The summed E-state index contributed by atoms with van der Waals surface area (Å²) in [7, 11) is 0.123. The lowest BCUT2D eigenvalue weighted by Gasteiger charge is -2.25. The highest BCUT2D eigenvalue weighted by Crippen LogP contribution is 2.33. The molecule has 0 fully saturated rings. The van der Waals surface area contributed by atoms with Crippen LogP contribution in [0.3, 0.4) is 0 Å². The molecule has 0 aliphatic carbocycles. The molecule has 0 aromatic rings. The summed E-state index contributed by atoms with van der Waals surface area (Å²) in [5.41, 5.74) is 0. The monoisotopic (exact) mass is 234 g/mol. The number of thioether (sulfide) groups is 1. The number of hydrogen-bond donors (Lipinski definition) is 0. The van der Waals surface area contributed by atoms with Crippen molar-refractivity contribution in [1.29, 1.82) is 0 Å². The quantitative estimate of drug-likeness (QED) is 0.544. The van der Waals surface area contributed by atoms with Crippen LogP contribution in [-0.4, -0.2) is 20.2 Å². The third-order valence-corrected chi connectivity index (χ3v) is 3.00. The van der Waals surface area contributed by atoms with E-state index >= 15 is 0 Å². The second-order valence-electron chi connectivity index (χ2n) is 5.10. The Morgan fingerprint density at radius 3 is 2.00 bits per heavy atom. The average molecular weight is 234 g/mol. The van der Waals surface area contributed by atoms with Crippen molar-refractivity contribution in [2.24, 2.45) is 0 Å². The topological polar surface area (TPSA) is 18.5 Å². The van der Waals surface area contributed by atoms with Crippen LogP contribution in [0.5, 0.6) is 0 Å². The molecule has 0 unspecified atom stereocenters. The van der Waals surface area contributed by atoms with Crippen molar-refractivity contribution < 1.29 is 9.16 Å². The van der Waals surface area contributed by atoms with Crippen LogP contribution in [-0.2, 0) is 9.16 Å². The summed E-state index contributed by atoms with van der Waals surface area (Å²) in [4.78, 5) is 0. The second kappa shape index (κ2) is 5.12. The molecule has 14 heavy (non-hydrogen) atoms. The standard InChI is InChI=1S/C10H22O2SSi/c1-10(2,3)13-9(8-11-4)12-14(5,6)7/h8H,1-7H3/b9-8+. The molecule has 0 saturated heterocycles. The number of ether oxygens (including phenoxy) is 1. The normalized spacial score (nSPS) is 14.1. The van der Waals surface area contributed by atoms with Crippen molar-refractivity contribution in [3.05, 3.63) is 11.4 Å². The molecular weight excluding hydrogens is 212 g/mol. The SMILES string of the molecule is CO/C=C(\O[Si](C)(C)C)SC(C)(C)C. The van der Waals surface area contributed by atoms with Gasteiger partial charge in [-0.2, -0.15) is 0 Å². The minimum Gasteiger partial charge on any atom is -0.538 e. The average Bonchev–Trinajstić information content (AvgIpc) is 1.78. The van der Waals surface area contributed by atoms with E-state index in [9.17, 15) is 0 Å². The molecule has 0 aliphatic heterocycles. The van der Waals surface area contributed by atoms with Crippen LogP contribution in [0.1, 0.15) is 20.8 Å². The summed E-state index contributed by atoms with van der Waals surface area (Å²) in [6.07, 6.45) is 1.69. The summed E-state index contributed by atoms with van der Waals surface area (Å²) in [6.45, 7) is 13.0. The molecule has 0 N–H and O–H groups in total. The maximum atomic E-state index is 5.89. The summed E-state index contributed by atoms with van der Waals surface area (Å²) in [5.74, 6) is 0. The first kappa shape index (κ1) is 13.9. The van der Waals surface area contributed by atoms with Gasteiger partial charge in [-0.05, 0) is 19.6 Å². The first-order chi connectivity index (χ1) is 6.14. The predicted octanol–water partition coefficient (Wildman–Crippen LogP) is 3.81. The van der Waals surface area contributed by atoms with Gasteiger partial charge in [0.25, 0.3) is 0 Å². The van der Waals surface area contributed by atoms with Gasteiger partial charge in [0, 0.05) is 4.75 Å². The van der Waals surface area contributed by atoms with E-state index in [-0.39, 0.29) is 4.75 Å². The second-order valence-corrected chi connectivity index (χ2v) is 11.4. The first-order valence-electron chi connectivity index (χ1n) is 4.75. The number of rotatable bonds is 4. The van der Waals surface area contributed by atoms with E-state index in [1.165, 1.54) is 0 Å². The molecule has 0 bridgehead atoms. The third kappa shape index (κ3) is 8.50. The summed E-state index contributed by atoms with van der Waals surface area (Å²) in [5, 5.41) is 0.888. The first-order valence-corrected chi connectivity index (χ1v) is 8.97. The minimum absolute atomic E-state index is 0.157. The summed E-state index contributed by atoms with van der Waals surface area (Å²) < 4.78 is 11.1. The Kier molecular flexibility index (Phi) is 5.08. The molecule has 4 heteroatoms. The molecule has 2 nitrogen and oxygen atoms in total. The van der Waals surface area contributed by atoms with Crippen molar-refractivity contribution >= 4 is 20.1 Å². The van der Waals surface area contributed by atoms with E-state index in [1.54, 1.807) is 25.1 Å². The smallest absolute Gasteiger partial charge is 0.243 e. The van der Waals surface area contributed by atoms with E-state index in [2.05, 4.69) is 40.4 Å². The Labute approximate surface area is 93.2 Å². The highest BCUT2D eigenvalue weighted by Gasteiger charge is 2.22. The van der Waals surface area contributed by atoms with E-state index < -0.39 is 8.32 Å². The summed E-state index contributed by atoms with van der Waals surface area (Å²) >= 11 is 1.70. The van der Waals surface area contributed by atoms with Gasteiger partial charge in [0.1, 0.15) is 6.26 Å². The maximum Gasteiger partial charge on any atom is 0.243 e. The van der Waals surface area contributed by atoms with Crippen molar-refractivity contribution in [2.45, 2.75) is 45.2 Å². The zero-order valence-electron chi connectivity index (χ0n) is 10.3. The number of hydrogen-bond acceptors (Lipinski definition) is 3. The highest BCUT2D eigenvalue weighted by molar-refractivity contribution is 8.04. The zero-order chi connectivity index (χ0) is 11.4. The van der Waals surface area contributed by atoms with Crippen LogP contribution in [0.25, 0.3) is 0 Å². The highest BCUT2D eigenvalue weighted by atomic mass is 32.2. The molecule has 0 amide bonds. The molecule has 0 rings (SSSR count). The van der Waals surface area contributed by atoms with Crippen LogP contribution < -0.4 is 0 Å². The molecule has 0 aromatic carbocycles. The van der Waals surface area contributed by atoms with Gasteiger partial charge < -0.3 is 9.16 Å². The van der Waals surface area contributed by atoms with Crippen LogP contribution in [0.4, 0.5) is 0 Å². The van der Waals surface area contributed by atoms with E-state index in [4.69, 9.17) is 9.16 Å². The van der Waals surface area contributed by atoms with Crippen LogP contribution >= 0.6 is 11.8 Å². The van der Waals surface area contributed by atoms with Crippen LogP contribution in [0, 0.1) is 0 Å². The lowest BCUT2D eigenvalue weighted by molar-refractivity contribution is 0.314. The van der Waals surface area contributed by atoms with Gasteiger partial charge in [-0.1, -0.05) is 32.5 Å². The van der Waals surface area contributed by atoms with Gasteiger partial charge in [-0.15, -0.1) is 0 Å². The van der Waals surface area contributed by atoms with Gasteiger partial charge in [-0.3, -0.25) is 0 Å². The van der Waals surface area contributed by atoms with Crippen molar-refractivity contribution in [3.8, 4) is 0 Å². The molecular formula is C10H22O2SSi. The minimum atomic E-state index is -1.53. The van der Waals surface area contributed by atoms with E-state index in [1.807, 2.05) is 0 Å². The molecule has 0 aliphatic rings. The van der Waals surface area contributed by atoms with Crippen LogP contribution in [0.15, 0.2) is 11.4 Å². The predicted molar refractivity (Wildman–Crippen MR) is 66.9 cm³/mol. The molecule has 0 atom stereocenters. The Morgan fingerprint density at radius 2 is 1.71 bits per heavy atom. The maximum absolute atomic E-state index is 5.89. The number of methoxy groups -OCH3 is 1. The fourth-order valence-corrected chi connectivity index (χ4v) is 3.08. The largest absolute Gasteiger partial charge is 0.538 e. The molecule has 0 aromatic heterocycles. The Bertz CT molecular complexity index is 183. The lowest BCUT2D eigenvalue weighted by atomic mass is 10.3. The van der Waals surface area contributed by atoms with Crippen LogP contribution in [0.2, 0.25) is 19.6 Å². The Balaban J connectivity index is 4.41. The van der Waals surface area contributed by atoms with Crippen molar-refractivity contribution in [2.75, 3.05) is 7.11 Å². The van der Waals surface area contributed by atoms with E-state index in [0.717, 1.165) is 5.09 Å². The van der Waals surface area contributed by atoms with Crippen molar-refractivity contribution in [3.63, 3.8) is 0 Å². The van der Waals surface area contributed by atoms with Gasteiger partial charge in [0.2, 0.25) is 8.32 Å². The van der Waals surface area contributed by atoms with E-state index in [0.29, 0.717) is 0 Å². The Hall–Kier alpha value is -0.0931. The molecule has 0 saturated carbocycles. The molecule has 0 spiro atoms. The molecule has 0 radical (unpaired) electrons.